The first kappa shape index (κ1) is 12.2. The predicted molar refractivity (Wildman–Crippen MR) is 70.8 cm³/mol. The minimum absolute atomic E-state index is 0.449. The molecule has 3 N–H and O–H groups in total. The smallest absolute Gasteiger partial charge is 0.171 e. The molecule has 0 saturated heterocycles. The van der Waals surface area contributed by atoms with Crippen molar-refractivity contribution in [3.8, 4) is 0 Å². The van der Waals surface area contributed by atoms with Crippen molar-refractivity contribution in [1.29, 1.82) is 0 Å². The second-order valence-electron chi connectivity index (χ2n) is 4.12. The van der Waals surface area contributed by atoms with Crippen LogP contribution in [0.4, 0.5) is 5.82 Å². The summed E-state index contributed by atoms with van der Waals surface area (Å²) >= 11 is 0. The Morgan fingerprint density at radius 3 is 2.67 bits per heavy atom. The second-order valence-corrected chi connectivity index (χ2v) is 4.12. The molecule has 2 rings (SSSR count). The van der Waals surface area contributed by atoms with Gasteiger partial charge >= 0.3 is 0 Å². The van der Waals surface area contributed by atoms with Gasteiger partial charge in [-0.05, 0) is 18.9 Å². The number of benzene rings is 1. The third-order valence-electron chi connectivity index (χ3n) is 2.70. The van der Waals surface area contributed by atoms with Crippen LogP contribution in [-0.4, -0.2) is 20.8 Å². The number of aromatic nitrogens is 2. The normalized spacial score (nSPS) is 11.7. The summed E-state index contributed by atoms with van der Waals surface area (Å²) in [5.41, 5.74) is 7.78. The van der Waals surface area contributed by atoms with Gasteiger partial charge in [-0.1, -0.05) is 35.5 Å². The maximum absolute atomic E-state index is 9.06. The summed E-state index contributed by atoms with van der Waals surface area (Å²) in [7, 11) is 0. The SMILES string of the molecule is Cc1cc(N)n(C(CCc2ccccc2)=NO)n1. The quantitative estimate of drug-likeness (QED) is 0.375. The summed E-state index contributed by atoms with van der Waals surface area (Å²) in [5.74, 6) is 0.929. The third kappa shape index (κ3) is 2.68. The molecule has 0 aliphatic heterocycles. The molecule has 2 aromatic rings. The Hall–Kier alpha value is -2.30. The van der Waals surface area contributed by atoms with Crippen molar-refractivity contribution < 1.29 is 5.21 Å². The van der Waals surface area contributed by atoms with E-state index in [1.807, 2.05) is 37.3 Å². The van der Waals surface area contributed by atoms with Crippen molar-refractivity contribution in [3.63, 3.8) is 0 Å². The van der Waals surface area contributed by atoms with E-state index in [2.05, 4.69) is 10.3 Å². The van der Waals surface area contributed by atoms with Crippen LogP contribution in [0, 0.1) is 6.92 Å². The molecule has 94 valence electrons. The van der Waals surface area contributed by atoms with Gasteiger partial charge in [0.2, 0.25) is 0 Å². The molecule has 0 bridgehead atoms. The van der Waals surface area contributed by atoms with Crippen LogP contribution in [0.5, 0.6) is 0 Å². The van der Waals surface area contributed by atoms with Crippen molar-refractivity contribution in [2.24, 2.45) is 5.16 Å². The Labute approximate surface area is 106 Å². The molecular formula is C13H16N4O. The standard InChI is InChI=1S/C13H16N4O/c1-10-9-12(14)17(15-10)13(16-18)8-7-11-5-3-2-4-6-11/h2-6,9,18H,7-8,14H2,1H3. The van der Waals surface area contributed by atoms with Gasteiger partial charge in [-0.3, -0.25) is 0 Å². The van der Waals surface area contributed by atoms with Gasteiger partial charge in [0.25, 0.3) is 0 Å². The van der Waals surface area contributed by atoms with E-state index in [1.165, 1.54) is 10.2 Å². The molecule has 0 radical (unpaired) electrons. The molecule has 0 aliphatic carbocycles. The Balaban J connectivity index is 2.10. The number of nitrogens with two attached hydrogens (primary N) is 1. The number of hydrogen-bond donors (Lipinski definition) is 2. The minimum Gasteiger partial charge on any atom is -0.409 e. The van der Waals surface area contributed by atoms with Crippen LogP contribution in [0.1, 0.15) is 17.7 Å². The van der Waals surface area contributed by atoms with Gasteiger partial charge in [-0.2, -0.15) is 9.78 Å². The number of hydrogen-bond acceptors (Lipinski definition) is 4. The Kier molecular flexibility index (Phi) is 3.62. The van der Waals surface area contributed by atoms with Crippen LogP contribution in [0.25, 0.3) is 0 Å². The summed E-state index contributed by atoms with van der Waals surface area (Å²) in [6.07, 6.45) is 1.35. The van der Waals surface area contributed by atoms with Crippen LogP contribution in [0.15, 0.2) is 41.6 Å². The van der Waals surface area contributed by atoms with E-state index in [1.54, 1.807) is 6.07 Å². The third-order valence-corrected chi connectivity index (χ3v) is 2.70. The molecule has 18 heavy (non-hydrogen) atoms. The molecule has 5 heteroatoms. The second kappa shape index (κ2) is 5.35. The number of anilines is 1. The summed E-state index contributed by atoms with van der Waals surface area (Å²) < 4.78 is 1.47. The maximum atomic E-state index is 9.06. The van der Waals surface area contributed by atoms with Crippen LogP contribution in [0.3, 0.4) is 0 Å². The zero-order valence-electron chi connectivity index (χ0n) is 10.2. The van der Waals surface area contributed by atoms with Crippen molar-refractivity contribution in [3.05, 3.63) is 47.7 Å². The van der Waals surface area contributed by atoms with Crippen molar-refractivity contribution in [1.82, 2.24) is 9.78 Å². The van der Waals surface area contributed by atoms with Gasteiger partial charge < -0.3 is 10.9 Å². The maximum Gasteiger partial charge on any atom is 0.171 e. The van der Waals surface area contributed by atoms with Crippen molar-refractivity contribution in [2.45, 2.75) is 19.8 Å². The lowest BCUT2D eigenvalue weighted by Crippen LogP contribution is -2.17. The van der Waals surface area contributed by atoms with Gasteiger partial charge in [0.15, 0.2) is 5.84 Å². The highest BCUT2D eigenvalue weighted by Crippen LogP contribution is 2.09. The molecular weight excluding hydrogens is 228 g/mol. The Morgan fingerprint density at radius 2 is 2.11 bits per heavy atom. The molecule has 0 unspecified atom stereocenters. The van der Waals surface area contributed by atoms with E-state index in [0.29, 0.717) is 18.1 Å². The molecule has 0 spiro atoms. The fourth-order valence-electron chi connectivity index (χ4n) is 1.83. The topological polar surface area (TPSA) is 76.4 Å². The number of nitrogens with zero attached hydrogens (tertiary/aromatic N) is 3. The molecule has 0 fully saturated rings. The van der Waals surface area contributed by atoms with Gasteiger partial charge in [-0.15, -0.1) is 0 Å². The van der Waals surface area contributed by atoms with Gasteiger partial charge in [0, 0.05) is 12.5 Å². The predicted octanol–water partition coefficient (Wildman–Crippen LogP) is 2.04. The lowest BCUT2D eigenvalue weighted by atomic mass is 10.1. The summed E-state index contributed by atoms with van der Waals surface area (Å²) in [4.78, 5) is 0. The lowest BCUT2D eigenvalue weighted by Gasteiger charge is -2.06. The highest BCUT2D eigenvalue weighted by molar-refractivity contribution is 5.85. The molecule has 0 amide bonds. The zero-order valence-corrected chi connectivity index (χ0v) is 10.2. The fraction of sp³-hybridized carbons (Fsp3) is 0.231. The number of rotatable bonds is 3. The van der Waals surface area contributed by atoms with Crippen LogP contribution in [-0.2, 0) is 6.42 Å². The highest BCUT2D eigenvalue weighted by Gasteiger charge is 2.09. The number of aryl methyl sites for hydroxylation is 2. The van der Waals surface area contributed by atoms with E-state index in [9.17, 15) is 0 Å². The summed E-state index contributed by atoms with van der Waals surface area (Å²) in [6.45, 7) is 1.85. The van der Waals surface area contributed by atoms with Crippen molar-refractivity contribution >= 4 is 11.7 Å². The first-order chi connectivity index (χ1) is 8.70. The first-order valence-corrected chi connectivity index (χ1v) is 5.78. The van der Waals surface area contributed by atoms with Gasteiger partial charge in [0.05, 0.1) is 5.69 Å². The van der Waals surface area contributed by atoms with Gasteiger partial charge in [-0.25, -0.2) is 0 Å². The summed E-state index contributed by atoms with van der Waals surface area (Å²) in [5, 5.41) is 16.5. The molecule has 0 saturated carbocycles. The monoisotopic (exact) mass is 244 g/mol. The Bertz CT molecular complexity index is 545. The highest BCUT2D eigenvalue weighted by atomic mass is 16.4. The lowest BCUT2D eigenvalue weighted by molar-refractivity contribution is 0.314. The van der Waals surface area contributed by atoms with E-state index < -0.39 is 0 Å². The summed E-state index contributed by atoms with van der Waals surface area (Å²) in [6, 6.07) is 11.8. The van der Waals surface area contributed by atoms with Crippen LogP contribution >= 0.6 is 0 Å². The largest absolute Gasteiger partial charge is 0.409 e. The molecule has 1 aromatic carbocycles. The van der Waals surface area contributed by atoms with Crippen molar-refractivity contribution in [2.75, 3.05) is 5.73 Å². The number of nitrogen functional groups attached to an aromatic ring is 1. The fourth-order valence-corrected chi connectivity index (χ4v) is 1.83. The average molecular weight is 244 g/mol. The molecule has 5 nitrogen and oxygen atoms in total. The van der Waals surface area contributed by atoms with E-state index in [-0.39, 0.29) is 0 Å². The van der Waals surface area contributed by atoms with E-state index in [4.69, 9.17) is 10.9 Å². The van der Waals surface area contributed by atoms with Gasteiger partial charge in [0.1, 0.15) is 5.82 Å². The van der Waals surface area contributed by atoms with Crippen LogP contribution < -0.4 is 5.73 Å². The molecule has 0 aliphatic rings. The zero-order chi connectivity index (χ0) is 13.0. The molecule has 0 atom stereocenters. The minimum atomic E-state index is 0.449. The average Bonchev–Trinajstić information content (AvgIpc) is 2.71. The molecule has 1 aromatic heterocycles. The Morgan fingerprint density at radius 1 is 1.39 bits per heavy atom. The van der Waals surface area contributed by atoms with E-state index >= 15 is 0 Å². The van der Waals surface area contributed by atoms with E-state index in [0.717, 1.165) is 12.1 Å². The molecule has 1 heterocycles. The van der Waals surface area contributed by atoms with Crippen LogP contribution in [0.2, 0.25) is 0 Å². The first-order valence-electron chi connectivity index (χ1n) is 5.78. The number of oxime groups is 1.